The number of anilines is 3. The Kier molecular flexibility index (Phi) is 4.88. The topological polar surface area (TPSA) is 93.3 Å². The second kappa shape index (κ2) is 7.57. The van der Waals surface area contributed by atoms with Crippen LogP contribution in [0.15, 0.2) is 18.5 Å². The average Bonchev–Trinajstić information content (AvgIpc) is 2.95. The molecule has 8 nitrogen and oxygen atoms in total. The van der Waals surface area contributed by atoms with Crippen LogP contribution in [-0.2, 0) is 4.74 Å². The first-order valence-corrected chi connectivity index (χ1v) is 10.4. The number of nitrogens with zero attached hydrogens (tertiary/aromatic N) is 6. The van der Waals surface area contributed by atoms with Crippen LogP contribution in [0.1, 0.15) is 32.1 Å². The highest BCUT2D eigenvalue weighted by Gasteiger charge is 2.36. The molecule has 0 saturated carbocycles. The Labute approximate surface area is 173 Å². The van der Waals surface area contributed by atoms with E-state index in [9.17, 15) is 8.78 Å². The second-order valence-electron chi connectivity index (χ2n) is 8.28. The molecule has 0 unspecified atom stereocenters. The molecule has 30 heavy (non-hydrogen) atoms. The van der Waals surface area contributed by atoms with Gasteiger partial charge in [0.15, 0.2) is 0 Å². The Morgan fingerprint density at radius 3 is 2.63 bits per heavy atom. The van der Waals surface area contributed by atoms with Gasteiger partial charge in [0.1, 0.15) is 5.82 Å². The molecule has 160 valence electrons. The maximum Gasteiger partial charge on any atom is 0.249 e. The van der Waals surface area contributed by atoms with Crippen LogP contribution in [0.4, 0.5) is 26.5 Å². The van der Waals surface area contributed by atoms with Crippen LogP contribution in [0, 0.1) is 0 Å². The molecule has 0 radical (unpaired) electrons. The van der Waals surface area contributed by atoms with E-state index in [0.717, 1.165) is 25.2 Å². The normalized spacial score (nSPS) is 25.9. The minimum absolute atomic E-state index is 0.102. The number of fused-ring (bicyclic) bond motifs is 3. The van der Waals surface area contributed by atoms with Crippen LogP contribution in [0.2, 0.25) is 0 Å². The highest BCUT2D eigenvalue weighted by atomic mass is 19.3. The van der Waals surface area contributed by atoms with Crippen LogP contribution in [-0.4, -0.2) is 64.2 Å². The smallest absolute Gasteiger partial charge is 0.249 e. The summed E-state index contributed by atoms with van der Waals surface area (Å²) in [6, 6.07) is 2.19. The summed E-state index contributed by atoms with van der Waals surface area (Å²) < 4.78 is 33.6. The molecule has 0 aromatic carbocycles. The van der Waals surface area contributed by atoms with Crippen LogP contribution in [0.5, 0.6) is 0 Å². The standard InChI is InChI=1S/C20H25F2N7O/c21-20(22)4-1-6-28(7-5-20)19-26-16(13-9-24-18(23)25-10-13)8-17(27-19)29-11-15-3-2-14(29)12-30-15/h8-10,14-15H,1-7,11-12H2,(H2,23,24,25)/t14-,15-/m0/s1. The Morgan fingerprint density at radius 1 is 1.10 bits per heavy atom. The minimum Gasteiger partial charge on any atom is -0.374 e. The summed E-state index contributed by atoms with van der Waals surface area (Å²) in [7, 11) is 0. The third-order valence-corrected chi connectivity index (χ3v) is 6.15. The molecule has 0 aliphatic carbocycles. The van der Waals surface area contributed by atoms with Gasteiger partial charge in [0.2, 0.25) is 17.8 Å². The van der Waals surface area contributed by atoms with E-state index in [-0.39, 0.29) is 37.5 Å². The lowest BCUT2D eigenvalue weighted by Gasteiger charge is -2.45. The molecule has 2 aromatic rings. The van der Waals surface area contributed by atoms with Gasteiger partial charge in [0.25, 0.3) is 0 Å². The fourth-order valence-electron chi connectivity index (χ4n) is 4.42. The Morgan fingerprint density at radius 2 is 1.93 bits per heavy atom. The van der Waals surface area contributed by atoms with Gasteiger partial charge in [0.05, 0.1) is 24.4 Å². The zero-order valence-corrected chi connectivity index (χ0v) is 16.7. The molecule has 2 N–H and O–H groups in total. The third kappa shape index (κ3) is 3.88. The lowest BCUT2D eigenvalue weighted by atomic mass is 9.97. The molecule has 0 amide bonds. The maximum atomic E-state index is 13.9. The fraction of sp³-hybridized carbons (Fsp3) is 0.600. The largest absolute Gasteiger partial charge is 0.374 e. The number of piperidine rings is 1. The molecule has 6 heterocycles. The summed E-state index contributed by atoms with van der Waals surface area (Å²) in [4.78, 5) is 21.8. The van der Waals surface area contributed by atoms with Gasteiger partial charge in [-0.15, -0.1) is 0 Å². The van der Waals surface area contributed by atoms with E-state index in [4.69, 9.17) is 20.4 Å². The first-order valence-electron chi connectivity index (χ1n) is 10.4. The van der Waals surface area contributed by atoms with Gasteiger partial charge in [-0.25, -0.2) is 23.7 Å². The first-order chi connectivity index (χ1) is 14.5. The summed E-state index contributed by atoms with van der Waals surface area (Å²) in [5.74, 6) is -1.18. The van der Waals surface area contributed by atoms with E-state index in [2.05, 4.69) is 14.9 Å². The van der Waals surface area contributed by atoms with Crippen molar-refractivity contribution in [3.8, 4) is 11.3 Å². The molecule has 4 saturated heterocycles. The molecule has 4 fully saturated rings. The highest BCUT2D eigenvalue weighted by Crippen LogP contribution is 2.34. The van der Waals surface area contributed by atoms with Crippen molar-refractivity contribution in [2.75, 3.05) is 41.8 Å². The number of nitrogen functional groups attached to an aromatic ring is 1. The predicted molar refractivity (Wildman–Crippen MR) is 109 cm³/mol. The number of nitrogens with two attached hydrogens (primary N) is 1. The van der Waals surface area contributed by atoms with Gasteiger partial charge >= 0.3 is 0 Å². The van der Waals surface area contributed by atoms with Gasteiger partial charge in [-0.3, -0.25) is 0 Å². The van der Waals surface area contributed by atoms with Crippen molar-refractivity contribution in [3.63, 3.8) is 0 Å². The molecular weight excluding hydrogens is 392 g/mol. The van der Waals surface area contributed by atoms with Gasteiger partial charge < -0.3 is 20.3 Å². The zero-order valence-electron chi connectivity index (χ0n) is 16.7. The lowest BCUT2D eigenvalue weighted by molar-refractivity contribution is -0.0228. The van der Waals surface area contributed by atoms with Gasteiger partial charge in [-0.2, -0.15) is 4.98 Å². The molecular formula is C20H25F2N7O. The molecule has 2 bridgehead atoms. The van der Waals surface area contributed by atoms with E-state index in [0.29, 0.717) is 36.8 Å². The third-order valence-electron chi connectivity index (χ3n) is 6.15. The van der Waals surface area contributed by atoms with Gasteiger partial charge in [0, 0.05) is 56.5 Å². The molecule has 4 aliphatic heterocycles. The summed E-state index contributed by atoms with van der Waals surface area (Å²) >= 11 is 0. The number of hydrogen-bond acceptors (Lipinski definition) is 8. The van der Waals surface area contributed by atoms with Gasteiger partial charge in [-0.1, -0.05) is 0 Å². The second-order valence-corrected chi connectivity index (χ2v) is 8.28. The van der Waals surface area contributed by atoms with Crippen molar-refractivity contribution in [1.29, 1.82) is 0 Å². The van der Waals surface area contributed by atoms with E-state index in [1.54, 1.807) is 12.4 Å². The van der Waals surface area contributed by atoms with Crippen molar-refractivity contribution in [2.45, 2.75) is 50.2 Å². The maximum absolute atomic E-state index is 13.9. The molecule has 4 aliphatic rings. The summed E-state index contributed by atoms with van der Waals surface area (Å²) in [6.45, 7) is 2.19. The Bertz CT molecular complexity index is 903. The highest BCUT2D eigenvalue weighted by molar-refractivity contribution is 5.64. The van der Waals surface area contributed by atoms with Crippen molar-refractivity contribution in [3.05, 3.63) is 18.5 Å². The minimum atomic E-state index is -2.64. The van der Waals surface area contributed by atoms with Crippen LogP contribution in [0.3, 0.4) is 0 Å². The number of ether oxygens (including phenoxy) is 1. The number of aromatic nitrogens is 4. The van der Waals surface area contributed by atoms with E-state index in [1.165, 1.54) is 0 Å². The summed E-state index contributed by atoms with van der Waals surface area (Å²) in [6.07, 6.45) is 5.68. The monoisotopic (exact) mass is 417 g/mol. The molecule has 2 atom stereocenters. The molecule has 10 heteroatoms. The van der Waals surface area contributed by atoms with E-state index >= 15 is 0 Å². The average molecular weight is 417 g/mol. The van der Waals surface area contributed by atoms with Crippen LogP contribution in [0.25, 0.3) is 11.3 Å². The van der Waals surface area contributed by atoms with Crippen molar-refractivity contribution >= 4 is 17.7 Å². The number of halogens is 2. The molecule has 6 rings (SSSR count). The number of rotatable bonds is 3. The molecule has 0 spiro atoms. The lowest BCUT2D eigenvalue weighted by Crippen LogP contribution is -2.55. The Hall–Kier alpha value is -2.62. The van der Waals surface area contributed by atoms with Crippen LogP contribution >= 0.6 is 0 Å². The SMILES string of the molecule is Nc1ncc(-c2cc(N3C[C@@H]4CC[C@H]3CO4)nc(N3CCCC(F)(F)CC3)n2)cn1. The summed E-state index contributed by atoms with van der Waals surface area (Å²) in [5, 5.41) is 0. The van der Waals surface area contributed by atoms with Gasteiger partial charge in [-0.05, 0) is 19.3 Å². The number of alkyl halides is 2. The fourth-order valence-corrected chi connectivity index (χ4v) is 4.42. The van der Waals surface area contributed by atoms with E-state index in [1.807, 2.05) is 11.0 Å². The summed E-state index contributed by atoms with van der Waals surface area (Å²) in [5.41, 5.74) is 7.00. The first kappa shape index (κ1) is 19.3. The molecule has 2 aromatic heterocycles. The van der Waals surface area contributed by atoms with E-state index < -0.39 is 5.92 Å². The zero-order chi connectivity index (χ0) is 20.7. The number of hydrogen-bond donors (Lipinski definition) is 1. The Balaban J connectivity index is 1.52. The quantitative estimate of drug-likeness (QED) is 0.814. The van der Waals surface area contributed by atoms with Crippen molar-refractivity contribution < 1.29 is 13.5 Å². The van der Waals surface area contributed by atoms with Crippen molar-refractivity contribution in [1.82, 2.24) is 19.9 Å². The number of morpholine rings is 1. The predicted octanol–water partition coefficient (Wildman–Crippen LogP) is 2.51. The van der Waals surface area contributed by atoms with Crippen molar-refractivity contribution in [2.24, 2.45) is 0 Å². The van der Waals surface area contributed by atoms with Crippen LogP contribution < -0.4 is 15.5 Å².